The van der Waals surface area contributed by atoms with Crippen LogP contribution in [0.4, 0.5) is 9.59 Å². The van der Waals surface area contributed by atoms with Crippen LogP contribution in [0.2, 0.25) is 0 Å². The van der Waals surface area contributed by atoms with E-state index in [1.165, 1.54) is 11.9 Å². The third kappa shape index (κ3) is 6.86. The summed E-state index contributed by atoms with van der Waals surface area (Å²) in [5.41, 5.74) is -1.12. The zero-order valence-electron chi connectivity index (χ0n) is 23.8. The van der Waals surface area contributed by atoms with Gasteiger partial charge in [-0.3, -0.25) is 25.2 Å². The van der Waals surface area contributed by atoms with Gasteiger partial charge in [0.05, 0.1) is 0 Å². The van der Waals surface area contributed by atoms with Crippen molar-refractivity contribution in [2.75, 3.05) is 27.2 Å². The SMILES string of the molecule is CNC(=O)[C@]12O[C@](C)(C[C@H]1OCCCN=C(NC(=O)OCc1ccccc1)NC(=O)OCc1ccccc1)N(C)C2=O. The number of amides is 4. The molecule has 2 aliphatic rings. The molecule has 0 aliphatic carbocycles. The van der Waals surface area contributed by atoms with E-state index in [-0.39, 0.29) is 32.3 Å². The van der Waals surface area contributed by atoms with E-state index in [1.54, 1.807) is 14.0 Å². The Morgan fingerprint density at radius 3 is 2.02 bits per heavy atom. The normalized spacial score (nSPS) is 22.3. The molecule has 2 fully saturated rings. The fourth-order valence-corrected chi connectivity index (χ4v) is 4.75. The monoisotopic (exact) mass is 581 g/mol. The minimum atomic E-state index is -1.75. The maximum atomic E-state index is 12.9. The predicted octanol–water partition coefficient (Wildman–Crippen LogP) is 2.06. The number of nitrogens with one attached hydrogen (secondary N) is 3. The summed E-state index contributed by atoms with van der Waals surface area (Å²) in [7, 11) is 3.03. The van der Waals surface area contributed by atoms with E-state index in [0.717, 1.165) is 11.1 Å². The molecular weight excluding hydrogens is 546 g/mol. The number of aliphatic imine (C=N–C) groups is 1. The highest BCUT2D eigenvalue weighted by Gasteiger charge is 2.72. The summed E-state index contributed by atoms with van der Waals surface area (Å²) in [4.78, 5) is 56.1. The first-order valence-electron chi connectivity index (χ1n) is 13.5. The van der Waals surface area contributed by atoms with E-state index in [0.29, 0.717) is 12.8 Å². The second kappa shape index (κ2) is 13.4. The van der Waals surface area contributed by atoms with Gasteiger partial charge in [0, 0.05) is 33.7 Å². The highest BCUT2D eigenvalue weighted by atomic mass is 16.6. The number of carbonyl (C=O) groups excluding carboxylic acids is 4. The zero-order chi connectivity index (χ0) is 30.2. The minimum absolute atomic E-state index is 0.0234. The van der Waals surface area contributed by atoms with Crippen LogP contribution in [0.5, 0.6) is 0 Å². The number of ether oxygens (including phenoxy) is 4. The number of carbonyl (C=O) groups is 4. The van der Waals surface area contributed by atoms with Crippen LogP contribution in [0.25, 0.3) is 0 Å². The molecule has 13 nitrogen and oxygen atoms in total. The molecule has 2 bridgehead atoms. The van der Waals surface area contributed by atoms with Gasteiger partial charge in [-0.05, 0) is 24.5 Å². The second-order valence-corrected chi connectivity index (χ2v) is 9.98. The quantitative estimate of drug-likeness (QED) is 0.167. The molecule has 3 N–H and O–H groups in total. The van der Waals surface area contributed by atoms with Crippen molar-refractivity contribution in [1.82, 2.24) is 20.9 Å². The molecule has 4 amide bonds. The first-order chi connectivity index (χ1) is 20.2. The van der Waals surface area contributed by atoms with Crippen molar-refractivity contribution < 1.29 is 38.1 Å². The third-order valence-corrected chi connectivity index (χ3v) is 7.05. The molecule has 0 radical (unpaired) electrons. The fourth-order valence-electron chi connectivity index (χ4n) is 4.75. The molecule has 0 aromatic heterocycles. The number of alkyl carbamates (subject to hydrolysis) is 2. The third-order valence-electron chi connectivity index (χ3n) is 7.05. The topological polar surface area (TPSA) is 157 Å². The first kappa shape index (κ1) is 30.5. The van der Waals surface area contributed by atoms with Gasteiger partial charge in [-0.1, -0.05) is 60.7 Å². The molecule has 2 aromatic carbocycles. The lowest BCUT2D eigenvalue weighted by molar-refractivity contribution is -0.161. The van der Waals surface area contributed by atoms with Crippen molar-refractivity contribution in [3.8, 4) is 0 Å². The van der Waals surface area contributed by atoms with Gasteiger partial charge in [0.15, 0.2) is 0 Å². The summed E-state index contributed by atoms with van der Waals surface area (Å²) < 4.78 is 22.3. The number of piperidine rings is 1. The Labute approximate surface area is 243 Å². The Morgan fingerprint density at radius 1 is 0.976 bits per heavy atom. The summed E-state index contributed by atoms with van der Waals surface area (Å²) in [5, 5.41) is 7.36. The molecule has 224 valence electrons. The summed E-state index contributed by atoms with van der Waals surface area (Å²) in [5.74, 6) is -1.19. The summed E-state index contributed by atoms with van der Waals surface area (Å²) >= 11 is 0. The Hall–Kier alpha value is -4.49. The Morgan fingerprint density at radius 2 is 1.52 bits per heavy atom. The summed E-state index contributed by atoms with van der Waals surface area (Å²) in [6.45, 7) is 2.04. The maximum Gasteiger partial charge on any atom is 0.414 e. The molecule has 0 unspecified atom stereocenters. The second-order valence-electron chi connectivity index (χ2n) is 9.98. The van der Waals surface area contributed by atoms with Crippen molar-refractivity contribution >= 4 is 30.0 Å². The first-order valence-corrected chi connectivity index (χ1v) is 13.5. The Kier molecular flexibility index (Phi) is 9.76. The van der Waals surface area contributed by atoms with E-state index in [9.17, 15) is 19.2 Å². The van der Waals surface area contributed by atoms with E-state index in [2.05, 4.69) is 20.9 Å². The van der Waals surface area contributed by atoms with Crippen molar-refractivity contribution in [1.29, 1.82) is 0 Å². The average Bonchev–Trinajstić information content (AvgIpc) is 3.42. The average molecular weight is 582 g/mol. The van der Waals surface area contributed by atoms with Crippen LogP contribution in [0.15, 0.2) is 65.7 Å². The lowest BCUT2D eigenvalue weighted by Gasteiger charge is -2.34. The van der Waals surface area contributed by atoms with Crippen LogP contribution >= 0.6 is 0 Å². The maximum absolute atomic E-state index is 12.9. The van der Waals surface area contributed by atoms with Gasteiger partial charge in [0.1, 0.15) is 25.0 Å². The Bertz CT molecular complexity index is 1250. The summed E-state index contributed by atoms with van der Waals surface area (Å²) in [6.07, 6.45) is -1.77. The van der Waals surface area contributed by atoms with Crippen molar-refractivity contribution in [3.63, 3.8) is 0 Å². The van der Waals surface area contributed by atoms with Gasteiger partial charge in [-0.15, -0.1) is 0 Å². The molecule has 13 heteroatoms. The lowest BCUT2D eigenvalue weighted by Crippen LogP contribution is -2.61. The fraction of sp³-hybridized carbons (Fsp3) is 0.414. The zero-order valence-corrected chi connectivity index (χ0v) is 23.8. The molecular formula is C29H35N5O8. The van der Waals surface area contributed by atoms with Crippen LogP contribution in [-0.4, -0.2) is 79.5 Å². The number of hydrogen-bond donors (Lipinski definition) is 3. The van der Waals surface area contributed by atoms with Crippen molar-refractivity contribution in [2.45, 2.75) is 50.4 Å². The number of hydrogen-bond acceptors (Lipinski definition) is 9. The number of nitrogens with zero attached hydrogens (tertiary/aromatic N) is 2. The number of fused-ring (bicyclic) bond motifs is 2. The molecule has 2 aromatic rings. The highest BCUT2D eigenvalue weighted by molar-refractivity contribution is 6.11. The van der Waals surface area contributed by atoms with Crippen molar-refractivity contribution in [2.24, 2.45) is 4.99 Å². The molecule has 4 rings (SSSR count). The van der Waals surface area contributed by atoms with E-state index < -0.39 is 41.4 Å². The number of rotatable bonds is 10. The van der Waals surface area contributed by atoms with Gasteiger partial charge >= 0.3 is 12.2 Å². The van der Waals surface area contributed by atoms with Crippen LogP contribution in [0.1, 0.15) is 30.9 Å². The smallest absolute Gasteiger partial charge is 0.414 e. The molecule has 42 heavy (non-hydrogen) atoms. The molecule has 0 spiro atoms. The highest BCUT2D eigenvalue weighted by Crippen LogP contribution is 2.49. The van der Waals surface area contributed by atoms with E-state index >= 15 is 0 Å². The van der Waals surface area contributed by atoms with Crippen LogP contribution in [-0.2, 0) is 41.8 Å². The molecule has 2 saturated heterocycles. The molecule has 3 atom stereocenters. The van der Waals surface area contributed by atoms with Gasteiger partial charge in [-0.2, -0.15) is 0 Å². The molecule has 2 heterocycles. The van der Waals surface area contributed by atoms with Crippen molar-refractivity contribution in [3.05, 3.63) is 71.8 Å². The molecule has 0 saturated carbocycles. The van der Waals surface area contributed by atoms with Crippen LogP contribution in [0, 0.1) is 0 Å². The number of guanidine groups is 1. The van der Waals surface area contributed by atoms with Gasteiger partial charge in [0.25, 0.3) is 17.4 Å². The molecule has 2 aliphatic heterocycles. The lowest BCUT2D eigenvalue weighted by atomic mass is 9.88. The number of likely N-dealkylation sites (N-methyl/N-ethyl adjacent to an activating group) is 2. The van der Waals surface area contributed by atoms with Crippen LogP contribution in [0.3, 0.4) is 0 Å². The standard InChI is InChI=1S/C29H35N5O8/c1-28-17-22(29(42-28,23(35)30-2)24(36)34(28)3)39-16-10-15-31-25(32-26(37)40-18-20-11-6-4-7-12-20)33-27(38)41-19-21-13-8-5-9-14-21/h4-9,11-14,22H,10,15-19H2,1-3H3,(H,30,35)(H2,31,32,33,37,38)/t22-,28-,29-/m1/s1. The van der Waals surface area contributed by atoms with Crippen LogP contribution < -0.4 is 16.0 Å². The van der Waals surface area contributed by atoms with E-state index in [4.69, 9.17) is 18.9 Å². The van der Waals surface area contributed by atoms with Gasteiger partial charge < -0.3 is 29.2 Å². The Balaban J connectivity index is 1.33. The van der Waals surface area contributed by atoms with Gasteiger partial charge in [-0.25, -0.2) is 9.59 Å². The van der Waals surface area contributed by atoms with E-state index in [1.807, 2.05) is 60.7 Å². The predicted molar refractivity (Wildman–Crippen MR) is 150 cm³/mol. The largest absolute Gasteiger partial charge is 0.444 e. The number of benzene rings is 2. The summed E-state index contributed by atoms with van der Waals surface area (Å²) in [6, 6.07) is 18.2. The minimum Gasteiger partial charge on any atom is -0.444 e. The van der Waals surface area contributed by atoms with Gasteiger partial charge in [0.2, 0.25) is 5.96 Å². The number of likely N-dealkylation sites (tertiary alicyclic amines) is 1.